The van der Waals surface area contributed by atoms with Crippen LogP contribution >= 0.6 is 35.0 Å². The molecule has 2 aromatic carbocycles. The second-order valence-corrected chi connectivity index (χ2v) is 9.09. The van der Waals surface area contributed by atoms with Crippen molar-refractivity contribution in [1.82, 2.24) is 24.7 Å². The van der Waals surface area contributed by atoms with Gasteiger partial charge in [0.25, 0.3) is 5.56 Å². The number of H-pyrrole nitrogens is 2. The van der Waals surface area contributed by atoms with Crippen LogP contribution in [0, 0.1) is 6.92 Å². The first kappa shape index (κ1) is 23.8. The van der Waals surface area contributed by atoms with Gasteiger partial charge in [-0.15, -0.1) is 10.2 Å². The van der Waals surface area contributed by atoms with Gasteiger partial charge in [-0.1, -0.05) is 47.1 Å². The fraction of sp³-hybridized carbons (Fsp3) is 0.136. The van der Waals surface area contributed by atoms with Gasteiger partial charge in [0.2, 0.25) is 5.91 Å². The van der Waals surface area contributed by atoms with Crippen molar-refractivity contribution >= 4 is 46.6 Å². The highest BCUT2D eigenvalue weighted by Gasteiger charge is 2.17. The van der Waals surface area contributed by atoms with E-state index in [-0.39, 0.29) is 18.1 Å². The van der Waals surface area contributed by atoms with Crippen LogP contribution in [0.5, 0.6) is 0 Å². The lowest BCUT2D eigenvalue weighted by molar-refractivity contribution is -0.113. The summed E-state index contributed by atoms with van der Waals surface area (Å²) in [6, 6.07) is 13.8. The van der Waals surface area contributed by atoms with Gasteiger partial charge in [-0.3, -0.25) is 19.1 Å². The Morgan fingerprint density at radius 3 is 2.62 bits per heavy atom. The molecule has 0 saturated heterocycles. The number of carbonyl (C=O) groups excluding carboxylic acids is 1. The van der Waals surface area contributed by atoms with Crippen molar-refractivity contribution in [3.8, 4) is 5.69 Å². The van der Waals surface area contributed by atoms with E-state index in [2.05, 4.69) is 25.5 Å². The first-order valence-corrected chi connectivity index (χ1v) is 11.7. The van der Waals surface area contributed by atoms with E-state index in [0.717, 1.165) is 11.3 Å². The molecular weight excluding hydrogens is 499 g/mol. The summed E-state index contributed by atoms with van der Waals surface area (Å²) in [5, 5.41) is 12.5. The Hall–Kier alpha value is -3.34. The zero-order valence-corrected chi connectivity index (χ0v) is 20.1. The normalized spacial score (nSPS) is 10.9. The number of hydrogen-bond donors (Lipinski definition) is 3. The molecule has 4 aromatic rings. The van der Waals surface area contributed by atoms with Crippen molar-refractivity contribution in [3.63, 3.8) is 0 Å². The Bertz CT molecular complexity index is 1450. The molecular formula is C22H18Cl2N6O3S. The topological polar surface area (TPSA) is 126 Å². The SMILES string of the molecule is Cc1cccc(-n2c(Cc3cc(=O)[nH]c(=O)[nH]3)nnc2SCC(=O)Nc2ccc(Cl)c(Cl)c2)c1. The average molecular weight is 517 g/mol. The van der Waals surface area contributed by atoms with E-state index in [4.69, 9.17) is 23.2 Å². The first-order valence-electron chi connectivity index (χ1n) is 10.00. The van der Waals surface area contributed by atoms with Gasteiger partial charge in [0.15, 0.2) is 5.16 Å². The third-order valence-electron chi connectivity index (χ3n) is 4.66. The maximum absolute atomic E-state index is 12.5. The van der Waals surface area contributed by atoms with Crippen LogP contribution in [0.4, 0.5) is 5.69 Å². The number of carbonyl (C=O) groups is 1. The molecule has 0 aliphatic rings. The number of hydrogen-bond acceptors (Lipinski definition) is 6. The summed E-state index contributed by atoms with van der Waals surface area (Å²) in [6.45, 7) is 1.96. The summed E-state index contributed by atoms with van der Waals surface area (Å²) in [7, 11) is 0. The average Bonchev–Trinajstić information content (AvgIpc) is 3.16. The predicted octanol–water partition coefficient (Wildman–Crippen LogP) is 3.58. The van der Waals surface area contributed by atoms with E-state index >= 15 is 0 Å². The van der Waals surface area contributed by atoms with Gasteiger partial charge in [0, 0.05) is 29.6 Å². The minimum atomic E-state index is -0.599. The lowest BCUT2D eigenvalue weighted by Gasteiger charge is -2.11. The fourth-order valence-corrected chi connectivity index (χ4v) is 4.29. The number of aromatic nitrogens is 5. The van der Waals surface area contributed by atoms with Crippen LogP contribution in [-0.4, -0.2) is 36.4 Å². The van der Waals surface area contributed by atoms with Crippen molar-refractivity contribution in [2.24, 2.45) is 0 Å². The number of rotatable bonds is 7. The minimum Gasteiger partial charge on any atom is -0.325 e. The number of benzene rings is 2. The number of aryl methyl sites for hydroxylation is 1. The van der Waals surface area contributed by atoms with Crippen LogP contribution in [-0.2, 0) is 11.2 Å². The number of aromatic amines is 2. The van der Waals surface area contributed by atoms with Gasteiger partial charge >= 0.3 is 5.69 Å². The smallest absolute Gasteiger partial charge is 0.325 e. The molecule has 2 heterocycles. The number of anilines is 1. The summed E-state index contributed by atoms with van der Waals surface area (Å²) in [5.74, 6) is 0.299. The second-order valence-electron chi connectivity index (χ2n) is 7.33. The third kappa shape index (κ3) is 5.77. The van der Waals surface area contributed by atoms with Gasteiger partial charge in [-0.25, -0.2) is 4.79 Å². The maximum Gasteiger partial charge on any atom is 0.325 e. The Labute approximate surface area is 207 Å². The van der Waals surface area contributed by atoms with Crippen molar-refractivity contribution in [1.29, 1.82) is 0 Å². The molecule has 9 nitrogen and oxygen atoms in total. The standard InChI is InChI=1S/C22H18Cl2N6O3S/c1-12-3-2-4-15(7-12)30-18(9-14-10-19(31)27-21(33)26-14)28-29-22(30)34-11-20(32)25-13-5-6-16(23)17(24)8-13/h2-8,10H,9,11H2,1H3,(H,25,32)(H2,26,27,31,33). The van der Waals surface area contributed by atoms with E-state index in [9.17, 15) is 14.4 Å². The fourth-order valence-electron chi connectivity index (χ4n) is 3.22. The molecule has 12 heteroatoms. The predicted molar refractivity (Wildman–Crippen MR) is 132 cm³/mol. The second kappa shape index (κ2) is 10.3. The van der Waals surface area contributed by atoms with E-state index in [1.54, 1.807) is 22.8 Å². The number of nitrogens with zero attached hydrogens (tertiary/aromatic N) is 3. The van der Waals surface area contributed by atoms with Crippen LogP contribution in [0.15, 0.2) is 63.3 Å². The zero-order chi connectivity index (χ0) is 24.2. The largest absolute Gasteiger partial charge is 0.325 e. The van der Waals surface area contributed by atoms with Crippen LogP contribution in [0.2, 0.25) is 10.0 Å². The van der Waals surface area contributed by atoms with Crippen LogP contribution < -0.4 is 16.6 Å². The Kier molecular flexibility index (Phi) is 7.20. The van der Waals surface area contributed by atoms with E-state index in [1.807, 2.05) is 31.2 Å². The van der Waals surface area contributed by atoms with Gasteiger partial charge in [-0.05, 0) is 42.8 Å². The molecule has 0 atom stereocenters. The minimum absolute atomic E-state index is 0.0615. The third-order valence-corrected chi connectivity index (χ3v) is 6.33. The van der Waals surface area contributed by atoms with Crippen molar-refractivity contribution < 1.29 is 4.79 Å². The highest BCUT2D eigenvalue weighted by Crippen LogP contribution is 2.26. The van der Waals surface area contributed by atoms with E-state index in [0.29, 0.717) is 32.4 Å². The molecule has 3 N–H and O–H groups in total. The van der Waals surface area contributed by atoms with Gasteiger partial charge in [0.1, 0.15) is 5.82 Å². The summed E-state index contributed by atoms with van der Waals surface area (Å²) < 4.78 is 1.80. The van der Waals surface area contributed by atoms with E-state index in [1.165, 1.54) is 17.8 Å². The molecule has 0 aliphatic heterocycles. The monoisotopic (exact) mass is 516 g/mol. The molecule has 0 saturated carbocycles. The highest BCUT2D eigenvalue weighted by molar-refractivity contribution is 7.99. The van der Waals surface area contributed by atoms with Crippen molar-refractivity contribution in [3.05, 3.63) is 96.5 Å². The van der Waals surface area contributed by atoms with Crippen LogP contribution in [0.25, 0.3) is 5.69 Å². The Balaban J connectivity index is 1.59. The molecule has 0 bridgehead atoms. The molecule has 0 unspecified atom stereocenters. The molecule has 0 spiro atoms. The van der Waals surface area contributed by atoms with Gasteiger partial charge < -0.3 is 10.3 Å². The summed E-state index contributed by atoms with van der Waals surface area (Å²) >= 11 is 13.1. The molecule has 1 amide bonds. The molecule has 0 fully saturated rings. The molecule has 2 aromatic heterocycles. The van der Waals surface area contributed by atoms with Crippen molar-refractivity contribution in [2.75, 3.05) is 11.1 Å². The molecule has 34 heavy (non-hydrogen) atoms. The maximum atomic E-state index is 12.5. The number of thioether (sulfide) groups is 1. The summed E-state index contributed by atoms with van der Waals surface area (Å²) in [4.78, 5) is 40.6. The Morgan fingerprint density at radius 1 is 1.06 bits per heavy atom. The highest BCUT2D eigenvalue weighted by atomic mass is 35.5. The first-order chi connectivity index (χ1) is 16.3. The van der Waals surface area contributed by atoms with Crippen LogP contribution in [0.1, 0.15) is 17.1 Å². The number of halogens is 2. The van der Waals surface area contributed by atoms with Gasteiger partial charge in [-0.2, -0.15) is 0 Å². The summed E-state index contributed by atoms with van der Waals surface area (Å²) in [6.07, 6.45) is 0.163. The molecule has 0 radical (unpaired) electrons. The molecule has 0 aliphatic carbocycles. The van der Waals surface area contributed by atoms with Crippen molar-refractivity contribution in [2.45, 2.75) is 18.5 Å². The lowest BCUT2D eigenvalue weighted by atomic mass is 10.2. The number of amides is 1. The van der Waals surface area contributed by atoms with E-state index < -0.39 is 11.2 Å². The quantitative estimate of drug-likeness (QED) is 0.322. The zero-order valence-electron chi connectivity index (χ0n) is 17.8. The van der Waals surface area contributed by atoms with Crippen LogP contribution in [0.3, 0.4) is 0 Å². The van der Waals surface area contributed by atoms with Gasteiger partial charge in [0.05, 0.1) is 15.8 Å². The summed E-state index contributed by atoms with van der Waals surface area (Å²) in [5.41, 5.74) is 1.63. The molecule has 4 rings (SSSR count). The number of nitrogens with one attached hydrogen (secondary N) is 3. The Morgan fingerprint density at radius 2 is 1.88 bits per heavy atom. The lowest BCUT2D eigenvalue weighted by Crippen LogP contribution is -2.23. The molecule has 174 valence electrons.